The maximum atomic E-state index is 13.5. The Morgan fingerprint density at radius 3 is 2.21 bits per heavy atom. The first kappa shape index (κ1) is 13.1. The van der Waals surface area contributed by atoms with Gasteiger partial charge >= 0.3 is 0 Å². The second-order valence-corrected chi connectivity index (χ2v) is 4.09. The Balaban J connectivity index is 2.40. The fourth-order valence-corrected chi connectivity index (χ4v) is 1.73. The smallest absolute Gasteiger partial charge is 0.159 e. The fourth-order valence-electron chi connectivity index (χ4n) is 1.73. The number of nitriles is 1. The van der Waals surface area contributed by atoms with Gasteiger partial charge in [0.2, 0.25) is 0 Å². The topological polar surface area (TPSA) is 49.6 Å². The van der Waals surface area contributed by atoms with Crippen LogP contribution in [0.3, 0.4) is 0 Å². The van der Waals surface area contributed by atoms with Gasteiger partial charge in [-0.1, -0.05) is 13.3 Å². The van der Waals surface area contributed by atoms with E-state index in [1.807, 2.05) is 6.92 Å². The van der Waals surface area contributed by atoms with Gasteiger partial charge < -0.3 is 0 Å². The van der Waals surface area contributed by atoms with Crippen molar-refractivity contribution in [1.29, 1.82) is 5.26 Å². The summed E-state index contributed by atoms with van der Waals surface area (Å²) in [5, 5.41) is 8.59. The average molecular weight is 259 g/mol. The number of aromatic nitrogens is 2. The monoisotopic (exact) mass is 259 g/mol. The lowest BCUT2D eigenvalue weighted by molar-refractivity contribution is 0.577. The van der Waals surface area contributed by atoms with Gasteiger partial charge in [-0.25, -0.2) is 18.7 Å². The van der Waals surface area contributed by atoms with E-state index < -0.39 is 17.2 Å². The Bertz CT molecular complexity index is 607. The maximum absolute atomic E-state index is 13.5. The van der Waals surface area contributed by atoms with Gasteiger partial charge in [-0.3, -0.25) is 0 Å². The fraction of sp³-hybridized carbons (Fsp3) is 0.214. The summed E-state index contributed by atoms with van der Waals surface area (Å²) in [5.41, 5.74) is 0.601. The minimum atomic E-state index is -0.904. The van der Waals surface area contributed by atoms with Crippen molar-refractivity contribution >= 4 is 0 Å². The van der Waals surface area contributed by atoms with E-state index in [0.717, 1.165) is 30.5 Å². The largest absolute Gasteiger partial charge is 0.236 e. The molecule has 1 aromatic carbocycles. The number of hydrogen-bond donors (Lipinski definition) is 0. The molecule has 0 saturated carbocycles. The lowest BCUT2D eigenvalue weighted by atomic mass is 10.1. The molecule has 5 heteroatoms. The first-order valence-electron chi connectivity index (χ1n) is 5.86. The zero-order chi connectivity index (χ0) is 13.8. The van der Waals surface area contributed by atoms with E-state index in [1.54, 1.807) is 12.4 Å². The molecule has 0 fully saturated rings. The summed E-state index contributed by atoms with van der Waals surface area (Å²) in [6, 6.07) is 3.61. The zero-order valence-corrected chi connectivity index (χ0v) is 10.3. The van der Waals surface area contributed by atoms with Gasteiger partial charge in [-0.2, -0.15) is 5.26 Å². The first-order chi connectivity index (χ1) is 9.15. The van der Waals surface area contributed by atoms with E-state index in [-0.39, 0.29) is 11.4 Å². The number of benzene rings is 1. The van der Waals surface area contributed by atoms with E-state index in [9.17, 15) is 8.78 Å². The molecule has 0 unspecified atom stereocenters. The van der Waals surface area contributed by atoms with Crippen molar-refractivity contribution in [3.05, 3.63) is 47.3 Å². The Kier molecular flexibility index (Phi) is 3.81. The third kappa shape index (κ3) is 2.74. The molecular formula is C14H11F2N3. The van der Waals surface area contributed by atoms with E-state index >= 15 is 0 Å². The van der Waals surface area contributed by atoms with Gasteiger partial charge in [0.15, 0.2) is 5.82 Å². The molecule has 0 amide bonds. The number of rotatable bonds is 3. The highest BCUT2D eigenvalue weighted by Crippen LogP contribution is 2.21. The summed E-state index contributed by atoms with van der Waals surface area (Å²) in [7, 11) is 0. The lowest BCUT2D eigenvalue weighted by Crippen LogP contribution is -1.96. The van der Waals surface area contributed by atoms with Crippen molar-refractivity contribution in [3.63, 3.8) is 0 Å². The molecule has 2 rings (SSSR count). The van der Waals surface area contributed by atoms with Gasteiger partial charge in [0.1, 0.15) is 23.3 Å². The van der Waals surface area contributed by atoms with Gasteiger partial charge in [0.05, 0.1) is 0 Å². The molecule has 0 aliphatic heterocycles. The molecule has 1 heterocycles. The van der Waals surface area contributed by atoms with Crippen molar-refractivity contribution in [2.45, 2.75) is 19.8 Å². The molecule has 0 radical (unpaired) electrons. The van der Waals surface area contributed by atoms with Crippen LogP contribution in [0.4, 0.5) is 8.78 Å². The Hall–Kier alpha value is -2.35. The van der Waals surface area contributed by atoms with E-state index in [1.165, 1.54) is 6.07 Å². The van der Waals surface area contributed by atoms with Crippen LogP contribution in [0.25, 0.3) is 11.4 Å². The number of nitrogens with zero attached hydrogens (tertiary/aromatic N) is 3. The number of halogens is 2. The predicted molar refractivity (Wildman–Crippen MR) is 66.1 cm³/mol. The maximum Gasteiger partial charge on any atom is 0.159 e. The van der Waals surface area contributed by atoms with E-state index in [4.69, 9.17) is 5.26 Å². The molecule has 3 nitrogen and oxygen atoms in total. The Morgan fingerprint density at radius 2 is 1.74 bits per heavy atom. The van der Waals surface area contributed by atoms with Crippen LogP contribution in [0.15, 0.2) is 24.5 Å². The minimum absolute atomic E-state index is 0.219. The van der Waals surface area contributed by atoms with Crippen LogP contribution in [-0.2, 0) is 6.42 Å². The molecule has 96 valence electrons. The predicted octanol–water partition coefficient (Wildman–Crippen LogP) is 3.25. The van der Waals surface area contributed by atoms with Crippen LogP contribution in [0.1, 0.15) is 24.5 Å². The Labute approximate surface area is 109 Å². The number of aryl methyl sites for hydroxylation is 1. The summed E-state index contributed by atoms with van der Waals surface area (Å²) < 4.78 is 27.0. The summed E-state index contributed by atoms with van der Waals surface area (Å²) >= 11 is 0. The summed E-state index contributed by atoms with van der Waals surface area (Å²) in [4.78, 5) is 8.16. The number of hydrogen-bond acceptors (Lipinski definition) is 3. The lowest BCUT2D eigenvalue weighted by Gasteiger charge is -2.04. The van der Waals surface area contributed by atoms with Crippen LogP contribution in [0, 0.1) is 23.0 Å². The molecule has 1 aromatic heterocycles. The van der Waals surface area contributed by atoms with Crippen LogP contribution >= 0.6 is 0 Å². The first-order valence-corrected chi connectivity index (χ1v) is 5.86. The van der Waals surface area contributed by atoms with Crippen molar-refractivity contribution in [2.24, 2.45) is 0 Å². The second-order valence-electron chi connectivity index (χ2n) is 4.09. The van der Waals surface area contributed by atoms with Crippen molar-refractivity contribution in [3.8, 4) is 17.5 Å². The second kappa shape index (κ2) is 5.53. The third-order valence-electron chi connectivity index (χ3n) is 2.66. The standard InChI is InChI=1S/C14H11F2N3/c1-2-3-9-7-18-14(19-8-9)10-4-12(15)11(6-17)13(16)5-10/h4-5,7-8H,2-3H2,1H3. The molecule has 0 N–H and O–H groups in total. The highest BCUT2D eigenvalue weighted by Gasteiger charge is 2.12. The van der Waals surface area contributed by atoms with Crippen LogP contribution in [-0.4, -0.2) is 9.97 Å². The SMILES string of the molecule is CCCc1cnc(-c2cc(F)c(C#N)c(F)c2)nc1. The summed E-state index contributed by atoms with van der Waals surface area (Å²) in [6.45, 7) is 2.04. The molecule has 0 aliphatic rings. The van der Waals surface area contributed by atoms with Crippen LogP contribution < -0.4 is 0 Å². The quantitative estimate of drug-likeness (QED) is 0.850. The van der Waals surface area contributed by atoms with Crippen LogP contribution in [0.5, 0.6) is 0 Å². The zero-order valence-electron chi connectivity index (χ0n) is 10.3. The highest BCUT2D eigenvalue weighted by molar-refractivity contribution is 5.57. The summed E-state index contributed by atoms with van der Waals surface area (Å²) in [5.74, 6) is -1.57. The van der Waals surface area contributed by atoms with E-state index in [2.05, 4.69) is 9.97 Å². The molecule has 0 spiro atoms. The van der Waals surface area contributed by atoms with Gasteiger partial charge in [0, 0.05) is 18.0 Å². The molecule has 2 aromatic rings. The average Bonchev–Trinajstić information content (AvgIpc) is 2.39. The van der Waals surface area contributed by atoms with Gasteiger partial charge in [-0.05, 0) is 24.1 Å². The highest BCUT2D eigenvalue weighted by atomic mass is 19.1. The molecule has 19 heavy (non-hydrogen) atoms. The van der Waals surface area contributed by atoms with Crippen LogP contribution in [0.2, 0.25) is 0 Å². The Morgan fingerprint density at radius 1 is 1.16 bits per heavy atom. The summed E-state index contributed by atoms with van der Waals surface area (Å²) in [6.07, 6.45) is 5.11. The van der Waals surface area contributed by atoms with Crippen molar-refractivity contribution < 1.29 is 8.78 Å². The molecule has 0 atom stereocenters. The normalized spacial score (nSPS) is 10.2. The molecule has 0 bridgehead atoms. The van der Waals surface area contributed by atoms with E-state index in [0.29, 0.717) is 0 Å². The minimum Gasteiger partial charge on any atom is -0.236 e. The third-order valence-corrected chi connectivity index (χ3v) is 2.66. The molecule has 0 saturated heterocycles. The van der Waals surface area contributed by atoms with Gasteiger partial charge in [-0.15, -0.1) is 0 Å². The van der Waals surface area contributed by atoms with Gasteiger partial charge in [0.25, 0.3) is 0 Å². The molecular weight excluding hydrogens is 248 g/mol. The molecule has 0 aliphatic carbocycles. The van der Waals surface area contributed by atoms with Crippen molar-refractivity contribution in [2.75, 3.05) is 0 Å². The van der Waals surface area contributed by atoms with Crippen molar-refractivity contribution in [1.82, 2.24) is 9.97 Å².